The van der Waals surface area contributed by atoms with E-state index >= 15 is 0 Å². The summed E-state index contributed by atoms with van der Waals surface area (Å²) in [5, 5.41) is 0. The van der Waals surface area contributed by atoms with Crippen molar-refractivity contribution in [1.82, 2.24) is 0 Å². The number of carbonyl (C=O) groups is 2. The van der Waals surface area contributed by atoms with Crippen LogP contribution in [0.25, 0.3) is 0 Å². The molecule has 2 fully saturated rings. The largest absolute Gasteiger partial charge is 0.462 e. The van der Waals surface area contributed by atoms with Gasteiger partial charge in [-0.05, 0) is 25.7 Å². The lowest BCUT2D eigenvalue weighted by Gasteiger charge is -2.03. The maximum Gasteiger partial charge on any atom is 0.306 e. The Bertz CT molecular complexity index is 215. The molecule has 0 aliphatic heterocycles. The molecule has 0 N–H and O–H groups in total. The van der Waals surface area contributed by atoms with Crippen molar-refractivity contribution >= 4 is 11.9 Å². The minimum Gasteiger partial charge on any atom is -0.462 e. The molecule has 0 saturated heterocycles. The molecule has 14 heavy (non-hydrogen) atoms. The summed E-state index contributed by atoms with van der Waals surface area (Å²) < 4.78 is 9.97. The molecule has 0 amide bonds. The maximum absolute atomic E-state index is 11.1. The Kier molecular flexibility index (Phi) is 2.70. The van der Waals surface area contributed by atoms with E-state index in [1.54, 1.807) is 0 Å². The summed E-state index contributed by atoms with van der Waals surface area (Å²) in [5.41, 5.74) is 0. The van der Waals surface area contributed by atoms with Gasteiger partial charge in [-0.15, -0.1) is 0 Å². The third-order valence-corrected chi connectivity index (χ3v) is 2.18. The first-order chi connectivity index (χ1) is 6.74. The van der Waals surface area contributed by atoms with E-state index in [4.69, 9.17) is 9.47 Å². The van der Waals surface area contributed by atoms with Crippen molar-refractivity contribution < 1.29 is 19.1 Å². The van der Waals surface area contributed by atoms with Crippen LogP contribution in [0.4, 0.5) is 0 Å². The minimum absolute atomic E-state index is 0.127. The van der Waals surface area contributed by atoms with Crippen molar-refractivity contribution in [2.24, 2.45) is 0 Å². The molecule has 0 aromatic heterocycles. The van der Waals surface area contributed by atoms with Gasteiger partial charge in [-0.1, -0.05) is 0 Å². The molecular weight excluding hydrogens is 184 g/mol. The van der Waals surface area contributed by atoms with Gasteiger partial charge in [0.1, 0.15) is 12.2 Å². The molecule has 2 rings (SSSR count). The Labute approximate surface area is 82.6 Å². The summed E-state index contributed by atoms with van der Waals surface area (Å²) in [4.78, 5) is 22.1. The van der Waals surface area contributed by atoms with Gasteiger partial charge in [0, 0.05) is 0 Å². The Balaban J connectivity index is 1.55. The lowest BCUT2D eigenvalue weighted by molar-refractivity contribution is -0.151. The molecule has 0 aromatic carbocycles. The van der Waals surface area contributed by atoms with Crippen LogP contribution in [0.15, 0.2) is 0 Å². The predicted molar refractivity (Wildman–Crippen MR) is 47.5 cm³/mol. The third-order valence-electron chi connectivity index (χ3n) is 2.18. The fourth-order valence-electron chi connectivity index (χ4n) is 1.07. The second kappa shape index (κ2) is 3.98. The summed E-state index contributed by atoms with van der Waals surface area (Å²) >= 11 is 0. The quantitative estimate of drug-likeness (QED) is 0.622. The molecule has 0 atom stereocenters. The summed E-state index contributed by atoms with van der Waals surface area (Å²) in [7, 11) is 0. The van der Waals surface area contributed by atoms with Gasteiger partial charge in [-0.2, -0.15) is 0 Å². The number of hydrogen-bond donors (Lipinski definition) is 0. The van der Waals surface area contributed by atoms with E-state index in [1.165, 1.54) is 0 Å². The first-order valence-electron chi connectivity index (χ1n) is 5.13. The van der Waals surface area contributed by atoms with Crippen molar-refractivity contribution in [3.63, 3.8) is 0 Å². The fourth-order valence-corrected chi connectivity index (χ4v) is 1.07. The van der Waals surface area contributed by atoms with Crippen LogP contribution in [0.1, 0.15) is 38.5 Å². The number of esters is 2. The highest BCUT2D eigenvalue weighted by molar-refractivity contribution is 5.78. The van der Waals surface area contributed by atoms with Crippen LogP contribution in [0.2, 0.25) is 0 Å². The van der Waals surface area contributed by atoms with E-state index in [0.29, 0.717) is 0 Å². The lowest BCUT2D eigenvalue weighted by Crippen LogP contribution is -2.11. The average Bonchev–Trinajstić information content (AvgIpc) is 2.96. The van der Waals surface area contributed by atoms with Crippen LogP contribution in [-0.4, -0.2) is 24.1 Å². The molecule has 78 valence electrons. The third kappa shape index (κ3) is 3.36. The molecule has 0 radical (unpaired) electrons. The van der Waals surface area contributed by atoms with Crippen molar-refractivity contribution in [2.75, 3.05) is 0 Å². The van der Waals surface area contributed by atoms with Gasteiger partial charge in [0.2, 0.25) is 0 Å². The smallest absolute Gasteiger partial charge is 0.306 e. The summed E-state index contributed by atoms with van der Waals surface area (Å²) in [5.74, 6) is -0.555. The Hall–Kier alpha value is -1.06. The Morgan fingerprint density at radius 3 is 1.50 bits per heavy atom. The highest BCUT2D eigenvalue weighted by Gasteiger charge is 2.28. The predicted octanol–water partition coefficient (Wildman–Crippen LogP) is 1.18. The molecule has 0 bridgehead atoms. The molecule has 0 unspecified atom stereocenters. The van der Waals surface area contributed by atoms with Crippen molar-refractivity contribution in [2.45, 2.75) is 50.7 Å². The number of ether oxygens (including phenoxy) is 2. The molecule has 0 aromatic rings. The summed E-state index contributed by atoms with van der Waals surface area (Å²) in [6, 6.07) is 0. The molecule has 2 aliphatic carbocycles. The Morgan fingerprint density at radius 2 is 1.21 bits per heavy atom. The normalized spacial score (nSPS) is 20.3. The van der Waals surface area contributed by atoms with E-state index in [-0.39, 0.29) is 37.0 Å². The first kappa shape index (κ1) is 9.49. The molecule has 4 heteroatoms. The second-order valence-electron chi connectivity index (χ2n) is 3.88. The maximum atomic E-state index is 11.1. The van der Waals surface area contributed by atoms with E-state index in [2.05, 4.69) is 0 Å². The fraction of sp³-hybridized carbons (Fsp3) is 0.800. The van der Waals surface area contributed by atoms with Crippen LogP contribution < -0.4 is 0 Å². The molecule has 2 saturated carbocycles. The van der Waals surface area contributed by atoms with Crippen molar-refractivity contribution in [1.29, 1.82) is 0 Å². The molecule has 0 heterocycles. The number of carbonyl (C=O) groups excluding carboxylic acids is 2. The van der Waals surface area contributed by atoms with Crippen LogP contribution in [0, 0.1) is 0 Å². The van der Waals surface area contributed by atoms with Crippen LogP contribution >= 0.6 is 0 Å². The van der Waals surface area contributed by atoms with Crippen molar-refractivity contribution in [3.05, 3.63) is 0 Å². The topological polar surface area (TPSA) is 52.6 Å². The van der Waals surface area contributed by atoms with Crippen LogP contribution in [-0.2, 0) is 19.1 Å². The van der Waals surface area contributed by atoms with E-state index in [1.807, 2.05) is 0 Å². The zero-order chi connectivity index (χ0) is 9.97. The standard InChI is InChI=1S/C10H14O4/c11-9(13-7-1-2-7)5-6-10(12)14-8-3-4-8/h7-8H,1-6H2. The van der Waals surface area contributed by atoms with E-state index in [0.717, 1.165) is 25.7 Å². The monoisotopic (exact) mass is 198 g/mol. The number of rotatable bonds is 5. The zero-order valence-electron chi connectivity index (χ0n) is 8.03. The zero-order valence-corrected chi connectivity index (χ0v) is 8.03. The van der Waals surface area contributed by atoms with Gasteiger partial charge < -0.3 is 9.47 Å². The van der Waals surface area contributed by atoms with Gasteiger partial charge in [0.15, 0.2) is 0 Å². The van der Waals surface area contributed by atoms with Gasteiger partial charge in [0.05, 0.1) is 12.8 Å². The molecule has 0 spiro atoms. The number of hydrogen-bond acceptors (Lipinski definition) is 4. The molecule has 4 nitrogen and oxygen atoms in total. The van der Waals surface area contributed by atoms with Gasteiger partial charge in [-0.25, -0.2) is 0 Å². The summed E-state index contributed by atoms with van der Waals surface area (Å²) in [6.45, 7) is 0. The molecular formula is C10H14O4. The minimum atomic E-state index is -0.278. The van der Waals surface area contributed by atoms with E-state index in [9.17, 15) is 9.59 Å². The van der Waals surface area contributed by atoms with Gasteiger partial charge in [-0.3, -0.25) is 9.59 Å². The van der Waals surface area contributed by atoms with Gasteiger partial charge in [0.25, 0.3) is 0 Å². The highest BCUT2D eigenvalue weighted by atomic mass is 16.6. The second-order valence-corrected chi connectivity index (χ2v) is 3.88. The van der Waals surface area contributed by atoms with E-state index < -0.39 is 0 Å². The SMILES string of the molecule is O=C(CCC(=O)OC1CC1)OC1CC1. The summed E-state index contributed by atoms with van der Waals surface area (Å²) in [6.07, 6.45) is 4.45. The first-order valence-corrected chi connectivity index (χ1v) is 5.13. The highest BCUT2D eigenvalue weighted by Crippen LogP contribution is 2.25. The van der Waals surface area contributed by atoms with Crippen LogP contribution in [0.5, 0.6) is 0 Å². The van der Waals surface area contributed by atoms with Crippen LogP contribution in [0.3, 0.4) is 0 Å². The van der Waals surface area contributed by atoms with Crippen molar-refractivity contribution in [3.8, 4) is 0 Å². The Morgan fingerprint density at radius 1 is 0.857 bits per heavy atom. The van der Waals surface area contributed by atoms with Gasteiger partial charge >= 0.3 is 11.9 Å². The average molecular weight is 198 g/mol. The molecule has 2 aliphatic rings. The lowest BCUT2D eigenvalue weighted by atomic mass is 10.3.